The first kappa shape index (κ1) is 11.9. The SMILES string of the molecule is O=C(c1sccc1Cl)N1CCOCC1CO. The number of ether oxygens (including phenoxy) is 1. The van der Waals surface area contributed by atoms with Crippen LogP contribution in [0.1, 0.15) is 9.67 Å². The van der Waals surface area contributed by atoms with E-state index in [1.165, 1.54) is 11.3 Å². The third-order valence-corrected chi connectivity index (χ3v) is 3.84. The summed E-state index contributed by atoms with van der Waals surface area (Å²) in [4.78, 5) is 14.3. The molecule has 4 nitrogen and oxygen atoms in total. The molecular weight excluding hydrogens is 250 g/mol. The standard InChI is InChI=1S/C10H12ClNO3S/c11-8-1-4-16-9(8)10(14)12-2-3-15-6-7(12)5-13/h1,4,7,13H,2-3,5-6H2. The summed E-state index contributed by atoms with van der Waals surface area (Å²) >= 11 is 7.23. The van der Waals surface area contributed by atoms with E-state index >= 15 is 0 Å². The summed E-state index contributed by atoms with van der Waals surface area (Å²) < 4.78 is 5.22. The molecule has 1 N–H and O–H groups in total. The zero-order valence-electron chi connectivity index (χ0n) is 8.56. The van der Waals surface area contributed by atoms with Crippen molar-refractivity contribution in [3.05, 3.63) is 21.3 Å². The molecule has 2 heterocycles. The van der Waals surface area contributed by atoms with E-state index in [1.54, 1.807) is 16.3 Å². The number of carbonyl (C=O) groups excluding carboxylic acids is 1. The van der Waals surface area contributed by atoms with Crippen LogP contribution in [0.4, 0.5) is 0 Å². The second kappa shape index (κ2) is 5.14. The summed E-state index contributed by atoms with van der Waals surface area (Å²) in [6.07, 6.45) is 0. The number of rotatable bonds is 2. The van der Waals surface area contributed by atoms with Gasteiger partial charge in [-0.25, -0.2) is 0 Å². The molecule has 1 amide bonds. The molecule has 0 radical (unpaired) electrons. The Labute approximate surface area is 102 Å². The molecule has 88 valence electrons. The average molecular weight is 262 g/mol. The van der Waals surface area contributed by atoms with Gasteiger partial charge in [-0.3, -0.25) is 4.79 Å². The number of morpholine rings is 1. The fraction of sp³-hybridized carbons (Fsp3) is 0.500. The van der Waals surface area contributed by atoms with E-state index in [-0.39, 0.29) is 18.6 Å². The normalized spacial score (nSPS) is 21.1. The van der Waals surface area contributed by atoms with Crippen LogP contribution in [0, 0.1) is 0 Å². The van der Waals surface area contributed by atoms with Crippen molar-refractivity contribution in [2.75, 3.05) is 26.4 Å². The predicted molar refractivity (Wildman–Crippen MR) is 62.1 cm³/mol. The molecule has 2 rings (SSSR count). The van der Waals surface area contributed by atoms with Crippen LogP contribution in [-0.4, -0.2) is 48.3 Å². The number of halogens is 1. The summed E-state index contributed by atoms with van der Waals surface area (Å²) in [5.74, 6) is -0.123. The van der Waals surface area contributed by atoms with Crippen LogP contribution < -0.4 is 0 Å². The number of amides is 1. The first-order valence-corrected chi connectivity index (χ1v) is 6.22. The van der Waals surface area contributed by atoms with Crippen LogP contribution in [0.5, 0.6) is 0 Å². The molecule has 0 aromatic carbocycles. The van der Waals surface area contributed by atoms with E-state index in [4.69, 9.17) is 16.3 Å². The van der Waals surface area contributed by atoms with Gasteiger partial charge in [-0.05, 0) is 11.4 Å². The first-order chi connectivity index (χ1) is 7.74. The van der Waals surface area contributed by atoms with Crippen molar-refractivity contribution < 1.29 is 14.6 Å². The van der Waals surface area contributed by atoms with Gasteiger partial charge in [0.1, 0.15) is 4.88 Å². The smallest absolute Gasteiger partial charge is 0.265 e. The molecule has 16 heavy (non-hydrogen) atoms. The fourth-order valence-corrected chi connectivity index (χ4v) is 2.74. The van der Waals surface area contributed by atoms with E-state index in [1.807, 2.05) is 0 Å². The molecule has 1 atom stereocenters. The first-order valence-electron chi connectivity index (χ1n) is 4.96. The molecule has 0 spiro atoms. The minimum Gasteiger partial charge on any atom is -0.394 e. The number of aliphatic hydroxyl groups is 1. The number of aliphatic hydroxyl groups excluding tert-OH is 1. The predicted octanol–water partition coefficient (Wildman–Crippen LogP) is 1.23. The molecule has 1 aliphatic heterocycles. The largest absolute Gasteiger partial charge is 0.394 e. The van der Waals surface area contributed by atoms with Gasteiger partial charge in [-0.2, -0.15) is 0 Å². The molecule has 0 aliphatic carbocycles. The summed E-state index contributed by atoms with van der Waals surface area (Å²) in [5, 5.41) is 11.4. The van der Waals surface area contributed by atoms with Crippen molar-refractivity contribution in [1.29, 1.82) is 0 Å². The fourth-order valence-electron chi connectivity index (χ4n) is 1.65. The second-order valence-corrected chi connectivity index (χ2v) is 4.83. The van der Waals surface area contributed by atoms with Gasteiger partial charge in [0.05, 0.1) is 30.9 Å². The molecule has 1 unspecified atom stereocenters. The van der Waals surface area contributed by atoms with Gasteiger partial charge >= 0.3 is 0 Å². The Kier molecular flexibility index (Phi) is 3.81. The van der Waals surface area contributed by atoms with Crippen molar-refractivity contribution in [3.8, 4) is 0 Å². The highest BCUT2D eigenvalue weighted by atomic mass is 35.5. The van der Waals surface area contributed by atoms with Crippen LogP contribution in [0.25, 0.3) is 0 Å². The van der Waals surface area contributed by atoms with Crippen LogP contribution in [-0.2, 0) is 4.74 Å². The van der Waals surface area contributed by atoms with Crippen LogP contribution in [0.3, 0.4) is 0 Å². The Hall–Kier alpha value is -0.620. The molecule has 0 saturated carbocycles. The topological polar surface area (TPSA) is 49.8 Å². The van der Waals surface area contributed by atoms with Gasteiger partial charge in [0, 0.05) is 6.54 Å². The highest BCUT2D eigenvalue weighted by molar-refractivity contribution is 7.12. The van der Waals surface area contributed by atoms with Crippen LogP contribution >= 0.6 is 22.9 Å². The summed E-state index contributed by atoms with van der Waals surface area (Å²) in [5.41, 5.74) is 0. The maximum absolute atomic E-state index is 12.1. The van der Waals surface area contributed by atoms with Crippen molar-refractivity contribution >= 4 is 28.8 Å². The third kappa shape index (κ3) is 2.22. The number of carbonyl (C=O) groups is 1. The van der Waals surface area contributed by atoms with E-state index in [9.17, 15) is 9.90 Å². The van der Waals surface area contributed by atoms with Crippen molar-refractivity contribution in [2.45, 2.75) is 6.04 Å². The molecule has 1 saturated heterocycles. The Bertz CT molecular complexity index is 382. The molecule has 1 aromatic rings. The van der Waals surface area contributed by atoms with E-state index in [2.05, 4.69) is 0 Å². The molecule has 0 bridgehead atoms. The lowest BCUT2D eigenvalue weighted by Gasteiger charge is -2.34. The lowest BCUT2D eigenvalue weighted by Crippen LogP contribution is -2.50. The summed E-state index contributed by atoms with van der Waals surface area (Å²) in [6, 6.07) is 1.44. The lowest BCUT2D eigenvalue weighted by molar-refractivity contribution is -0.0181. The molecule has 1 aromatic heterocycles. The highest BCUT2D eigenvalue weighted by Gasteiger charge is 2.29. The maximum atomic E-state index is 12.1. The van der Waals surface area contributed by atoms with Crippen LogP contribution in [0.15, 0.2) is 11.4 Å². The number of hydrogen-bond acceptors (Lipinski definition) is 4. The van der Waals surface area contributed by atoms with E-state index in [0.717, 1.165) is 0 Å². The molecule has 6 heteroatoms. The highest BCUT2D eigenvalue weighted by Crippen LogP contribution is 2.25. The van der Waals surface area contributed by atoms with Crippen molar-refractivity contribution in [2.24, 2.45) is 0 Å². The zero-order valence-corrected chi connectivity index (χ0v) is 10.1. The summed E-state index contributed by atoms with van der Waals surface area (Å²) in [6.45, 7) is 1.30. The van der Waals surface area contributed by atoms with Crippen molar-refractivity contribution in [1.82, 2.24) is 4.90 Å². The lowest BCUT2D eigenvalue weighted by atomic mass is 10.2. The molecular formula is C10H12ClNO3S. The van der Waals surface area contributed by atoms with Gasteiger partial charge in [0.2, 0.25) is 0 Å². The quantitative estimate of drug-likeness (QED) is 0.871. The minimum absolute atomic E-state index is 0.0886. The van der Waals surface area contributed by atoms with Gasteiger partial charge in [-0.1, -0.05) is 11.6 Å². The average Bonchev–Trinajstić information content (AvgIpc) is 2.74. The Morgan fingerprint density at radius 1 is 1.75 bits per heavy atom. The van der Waals surface area contributed by atoms with E-state index in [0.29, 0.717) is 29.7 Å². The Balaban J connectivity index is 2.17. The minimum atomic E-state index is -0.264. The van der Waals surface area contributed by atoms with Gasteiger partial charge < -0.3 is 14.7 Å². The third-order valence-electron chi connectivity index (χ3n) is 2.51. The summed E-state index contributed by atoms with van der Waals surface area (Å²) in [7, 11) is 0. The molecule has 1 aliphatic rings. The monoisotopic (exact) mass is 261 g/mol. The van der Waals surface area contributed by atoms with Gasteiger partial charge in [0.25, 0.3) is 5.91 Å². The molecule has 1 fully saturated rings. The van der Waals surface area contributed by atoms with Gasteiger partial charge in [-0.15, -0.1) is 11.3 Å². The Morgan fingerprint density at radius 2 is 2.56 bits per heavy atom. The second-order valence-electron chi connectivity index (χ2n) is 3.51. The maximum Gasteiger partial charge on any atom is 0.265 e. The van der Waals surface area contributed by atoms with Crippen molar-refractivity contribution in [3.63, 3.8) is 0 Å². The number of hydrogen-bond donors (Lipinski definition) is 1. The van der Waals surface area contributed by atoms with Gasteiger partial charge in [0.15, 0.2) is 0 Å². The zero-order chi connectivity index (χ0) is 11.5. The Morgan fingerprint density at radius 3 is 3.19 bits per heavy atom. The number of thiophene rings is 1. The van der Waals surface area contributed by atoms with Crippen LogP contribution in [0.2, 0.25) is 5.02 Å². The van der Waals surface area contributed by atoms with E-state index < -0.39 is 0 Å². The number of nitrogens with zero attached hydrogens (tertiary/aromatic N) is 1.